The largest absolute Gasteiger partial charge is 0.466 e. The van der Waals surface area contributed by atoms with E-state index < -0.39 is 0 Å². The average Bonchev–Trinajstić information content (AvgIpc) is 2.87. The van der Waals surface area contributed by atoms with Crippen molar-refractivity contribution in [1.29, 1.82) is 0 Å². The number of nitrogens with zero attached hydrogens (tertiary/aromatic N) is 2. The maximum atomic E-state index is 11.8. The number of H-pyrrole nitrogens is 1. The number of ether oxygens (including phenoxy) is 1. The summed E-state index contributed by atoms with van der Waals surface area (Å²) in [6.45, 7) is 3.95. The second-order valence-electron chi connectivity index (χ2n) is 3.47. The molecule has 0 saturated carbocycles. The molecule has 0 radical (unpaired) electrons. The SMILES string of the molecule is COc1n[nH]c(NC(=O)c2cc(C)c(C)s2)n1. The normalized spacial score (nSPS) is 10.3. The molecule has 0 spiro atoms. The van der Waals surface area contributed by atoms with E-state index in [1.807, 2.05) is 19.9 Å². The van der Waals surface area contributed by atoms with Crippen molar-refractivity contribution in [3.8, 4) is 6.01 Å². The topological polar surface area (TPSA) is 79.9 Å². The highest BCUT2D eigenvalue weighted by molar-refractivity contribution is 7.14. The lowest BCUT2D eigenvalue weighted by molar-refractivity contribution is 0.102. The van der Waals surface area contributed by atoms with Crippen LogP contribution in [0.4, 0.5) is 5.95 Å². The van der Waals surface area contributed by atoms with Gasteiger partial charge >= 0.3 is 6.01 Å². The first-order valence-electron chi connectivity index (χ1n) is 4.95. The predicted octanol–water partition coefficient (Wildman–Crippen LogP) is 1.74. The average molecular weight is 252 g/mol. The van der Waals surface area contributed by atoms with Crippen LogP contribution in [0.15, 0.2) is 6.07 Å². The highest BCUT2D eigenvalue weighted by Gasteiger charge is 2.12. The molecule has 0 atom stereocenters. The summed E-state index contributed by atoms with van der Waals surface area (Å²) in [7, 11) is 1.46. The standard InChI is InChI=1S/C10H12N4O2S/c1-5-4-7(17-6(5)2)8(15)11-9-12-10(16-3)14-13-9/h4H,1-3H3,(H2,11,12,13,14,15). The molecular weight excluding hydrogens is 240 g/mol. The van der Waals surface area contributed by atoms with Gasteiger partial charge in [0.2, 0.25) is 5.95 Å². The van der Waals surface area contributed by atoms with Gasteiger partial charge in [-0.3, -0.25) is 10.1 Å². The minimum Gasteiger partial charge on any atom is -0.466 e. The Labute approximate surface area is 102 Å². The molecule has 6 nitrogen and oxygen atoms in total. The van der Waals surface area contributed by atoms with Crippen LogP contribution in [-0.2, 0) is 0 Å². The van der Waals surface area contributed by atoms with Crippen LogP contribution >= 0.6 is 11.3 Å². The fraction of sp³-hybridized carbons (Fsp3) is 0.300. The summed E-state index contributed by atoms with van der Waals surface area (Å²) in [5, 5.41) is 8.92. The van der Waals surface area contributed by atoms with Crippen molar-refractivity contribution in [3.05, 3.63) is 21.4 Å². The first-order valence-corrected chi connectivity index (χ1v) is 5.76. The van der Waals surface area contributed by atoms with Crippen LogP contribution in [0.2, 0.25) is 0 Å². The Kier molecular flexibility index (Phi) is 3.10. The molecule has 0 aliphatic heterocycles. The van der Waals surface area contributed by atoms with Crippen LogP contribution in [0.1, 0.15) is 20.1 Å². The molecule has 0 fully saturated rings. The van der Waals surface area contributed by atoms with Crippen LogP contribution in [-0.4, -0.2) is 28.2 Å². The minimum absolute atomic E-state index is 0.193. The van der Waals surface area contributed by atoms with Gasteiger partial charge in [0, 0.05) is 4.88 Å². The third kappa shape index (κ3) is 2.44. The molecule has 2 aromatic rings. The van der Waals surface area contributed by atoms with Crippen LogP contribution in [0.5, 0.6) is 6.01 Å². The monoisotopic (exact) mass is 252 g/mol. The van der Waals surface area contributed by atoms with Gasteiger partial charge < -0.3 is 4.74 Å². The molecule has 2 rings (SSSR count). The van der Waals surface area contributed by atoms with Crippen molar-refractivity contribution in [2.75, 3.05) is 12.4 Å². The Balaban J connectivity index is 2.11. The highest BCUT2D eigenvalue weighted by Crippen LogP contribution is 2.21. The molecule has 0 unspecified atom stereocenters. The summed E-state index contributed by atoms with van der Waals surface area (Å²) in [5.74, 6) is 0.0700. The van der Waals surface area contributed by atoms with E-state index in [9.17, 15) is 4.79 Å². The van der Waals surface area contributed by atoms with Crippen LogP contribution in [0, 0.1) is 13.8 Å². The van der Waals surface area contributed by atoms with Gasteiger partial charge in [-0.25, -0.2) is 5.10 Å². The van der Waals surface area contributed by atoms with E-state index in [1.165, 1.54) is 18.4 Å². The summed E-state index contributed by atoms with van der Waals surface area (Å²) >= 11 is 1.45. The molecular formula is C10H12N4O2S. The number of thiophene rings is 1. The fourth-order valence-electron chi connectivity index (χ4n) is 1.25. The summed E-state index contributed by atoms with van der Waals surface area (Å²) < 4.78 is 4.80. The Bertz CT molecular complexity index is 527. The Morgan fingerprint density at radius 3 is 2.82 bits per heavy atom. The zero-order valence-electron chi connectivity index (χ0n) is 9.70. The molecule has 0 aliphatic carbocycles. The molecule has 0 aromatic carbocycles. The maximum Gasteiger partial charge on any atom is 0.336 e. The van der Waals surface area contributed by atoms with Gasteiger partial charge in [0.15, 0.2) is 0 Å². The molecule has 0 aliphatic rings. The second kappa shape index (κ2) is 4.54. The molecule has 2 N–H and O–H groups in total. The van der Waals surface area contributed by atoms with Gasteiger partial charge in [-0.05, 0) is 25.5 Å². The van der Waals surface area contributed by atoms with E-state index in [0.717, 1.165) is 10.4 Å². The van der Waals surface area contributed by atoms with E-state index in [4.69, 9.17) is 4.74 Å². The van der Waals surface area contributed by atoms with Crippen molar-refractivity contribution < 1.29 is 9.53 Å². The second-order valence-corrected chi connectivity index (χ2v) is 4.73. The van der Waals surface area contributed by atoms with Crippen LogP contribution in [0.25, 0.3) is 0 Å². The van der Waals surface area contributed by atoms with Crippen molar-refractivity contribution >= 4 is 23.2 Å². The number of nitrogens with one attached hydrogen (secondary N) is 2. The number of aromatic amines is 1. The quantitative estimate of drug-likeness (QED) is 0.872. The molecule has 2 heterocycles. The van der Waals surface area contributed by atoms with Crippen LogP contribution < -0.4 is 10.1 Å². The zero-order chi connectivity index (χ0) is 12.4. The number of hydrogen-bond donors (Lipinski definition) is 2. The van der Waals surface area contributed by atoms with Crippen molar-refractivity contribution in [2.24, 2.45) is 0 Å². The van der Waals surface area contributed by atoms with Crippen molar-refractivity contribution in [2.45, 2.75) is 13.8 Å². The number of carbonyl (C=O) groups excluding carboxylic acids is 1. The van der Waals surface area contributed by atoms with Gasteiger partial charge in [-0.1, -0.05) is 0 Å². The van der Waals surface area contributed by atoms with E-state index in [-0.39, 0.29) is 17.9 Å². The predicted molar refractivity (Wildman–Crippen MR) is 64.7 cm³/mol. The molecule has 0 saturated heterocycles. The molecule has 0 bridgehead atoms. The van der Waals surface area contributed by atoms with E-state index in [2.05, 4.69) is 20.5 Å². The first kappa shape index (κ1) is 11.6. The zero-order valence-corrected chi connectivity index (χ0v) is 10.5. The summed E-state index contributed by atoms with van der Waals surface area (Å²) in [6.07, 6.45) is 0. The van der Waals surface area contributed by atoms with Crippen molar-refractivity contribution in [3.63, 3.8) is 0 Å². The Morgan fingerprint density at radius 1 is 1.53 bits per heavy atom. The number of aryl methyl sites for hydroxylation is 2. The van der Waals surface area contributed by atoms with Gasteiger partial charge in [-0.2, -0.15) is 4.98 Å². The molecule has 90 valence electrons. The number of carbonyl (C=O) groups is 1. The van der Waals surface area contributed by atoms with Gasteiger partial charge in [0.1, 0.15) is 0 Å². The molecule has 2 aromatic heterocycles. The number of rotatable bonds is 3. The Hall–Kier alpha value is -1.89. The highest BCUT2D eigenvalue weighted by atomic mass is 32.1. The van der Waals surface area contributed by atoms with E-state index >= 15 is 0 Å². The summed E-state index contributed by atoms with van der Waals surface area (Å²) in [6, 6.07) is 2.04. The first-order chi connectivity index (χ1) is 8.10. The molecule has 1 amide bonds. The number of methoxy groups -OCH3 is 1. The van der Waals surface area contributed by atoms with Crippen molar-refractivity contribution in [1.82, 2.24) is 15.2 Å². The lowest BCUT2D eigenvalue weighted by Gasteiger charge is -1.96. The third-order valence-electron chi connectivity index (χ3n) is 2.27. The number of hydrogen-bond acceptors (Lipinski definition) is 5. The van der Waals surface area contributed by atoms with Crippen LogP contribution in [0.3, 0.4) is 0 Å². The fourth-order valence-corrected chi connectivity index (χ4v) is 2.18. The number of amides is 1. The van der Waals surface area contributed by atoms with Gasteiger partial charge in [-0.15, -0.1) is 16.4 Å². The smallest absolute Gasteiger partial charge is 0.336 e. The summed E-state index contributed by atoms with van der Waals surface area (Å²) in [4.78, 5) is 17.5. The lowest BCUT2D eigenvalue weighted by Crippen LogP contribution is -2.11. The molecule has 7 heteroatoms. The van der Waals surface area contributed by atoms with E-state index in [1.54, 1.807) is 0 Å². The number of anilines is 1. The third-order valence-corrected chi connectivity index (χ3v) is 3.42. The molecule has 17 heavy (non-hydrogen) atoms. The van der Waals surface area contributed by atoms with E-state index in [0.29, 0.717) is 4.88 Å². The maximum absolute atomic E-state index is 11.8. The Morgan fingerprint density at radius 2 is 2.29 bits per heavy atom. The minimum atomic E-state index is -0.204. The van der Waals surface area contributed by atoms with Gasteiger partial charge in [0.05, 0.1) is 12.0 Å². The number of aromatic nitrogens is 3. The summed E-state index contributed by atoms with van der Waals surface area (Å²) in [5.41, 5.74) is 1.11. The van der Waals surface area contributed by atoms with Gasteiger partial charge in [0.25, 0.3) is 5.91 Å². The lowest BCUT2D eigenvalue weighted by atomic mass is 10.3.